The molecule has 1 fully saturated rings. The molecule has 0 aliphatic carbocycles. The molecule has 1 aliphatic rings. The van der Waals surface area contributed by atoms with Gasteiger partial charge in [0, 0.05) is 24.0 Å². The van der Waals surface area contributed by atoms with Crippen LogP contribution in [-0.2, 0) is 9.59 Å². The normalized spacial score (nSPS) is 14.8. The summed E-state index contributed by atoms with van der Waals surface area (Å²) in [5.74, 6) is -2.09. The average Bonchev–Trinajstić information content (AvgIpc) is 3.06. The van der Waals surface area contributed by atoms with Crippen molar-refractivity contribution in [3.63, 3.8) is 0 Å². The van der Waals surface area contributed by atoms with Gasteiger partial charge in [0.2, 0.25) is 11.8 Å². The van der Waals surface area contributed by atoms with E-state index in [0.29, 0.717) is 5.56 Å². The van der Waals surface area contributed by atoms with E-state index in [-0.39, 0.29) is 40.7 Å². The third-order valence-electron chi connectivity index (χ3n) is 4.66. The second-order valence-electron chi connectivity index (χ2n) is 6.53. The fourth-order valence-electron chi connectivity index (χ4n) is 3.20. The largest absolute Gasteiger partial charge is 0.292 e. The van der Waals surface area contributed by atoms with Crippen molar-refractivity contribution in [2.75, 3.05) is 0 Å². The first-order chi connectivity index (χ1) is 13.8. The predicted octanol–water partition coefficient (Wildman–Crippen LogP) is 4.16. The van der Waals surface area contributed by atoms with E-state index in [0.717, 1.165) is 10.0 Å². The fraction of sp³-hybridized carbons (Fsp3) is 0.238. The SMILES string of the molecule is CC[C@@H](C(=O)c1ccccc1)N(C(=O)c1ccc(Cl)c(Cl)c1)N1C(=O)CCC1=O. The molecule has 0 N–H and O–H groups in total. The van der Waals surface area contributed by atoms with Crippen LogP contribution in [0.15, 0.2) is 48.5 Å². The van der Waals surface area contributed by atoms with Gasteiger partial charge in [0.25, 0.3) is 5.91 Å². The molecule has 3 rings (SSSR count). The third-order valence-corrected chi connectivity index (χ3v) is 5.40. The molecule has 0 radical (unpaired) electrons. The van der Waals surface area contributed by atoms with E-state index in [9.17, 15) is 19.2 Å². The molecule has 0 aromatic heterocycles. The molecule has 0 saturated carbocycles. The summed E-state index contributed by atoms with van der Waals surface area (Å²) in [6.07, 6.45) is 0.178. The lowest BCUT2D eigenvalue weighted by Gasteiger charge is -2.35. The van der Waals surface area contributed by atoms with Crippen molar-refractivity contribution in [2.24, 2.45) is 0 Å². The maximum absolute atomic E-state index is 13.3. The number of Topliss-reactive ketones (excluding diaryl/α,β-unsaturated/α-hetero) is 1. The van der Waals surface area contributed by atoms with Gasteiger partial charge in [-0.2, -0.15) is 5.01 Å². The van der Waals surface area contributed by atoms with Crippen molar-refractivity contribution < 1.29 is 19.2 Å². The molecule has 3 amide bonds. The van der Waals surface area contributed by atoms with Crippen LogP contribution in [0.2, 0.25) is 10.0 Å². The van der Waals surface area contributed by atoms with Crippen molar-refractivity contribution in [2.45, 2.75) is 32.2 Å². The van der Waals surface area contributed by atoms with E-state index < -0.39 is 23.8 Å². The lowest BCUT2D eigenvalue weighted by atomic mass is 10.0. The minimum Gasteiger partial charge on any atom is -0.292 e. The molecule has 0 unspecified atom stereocenters. The Kier molecular flexibility index (Phi) is 6.35. The average molecular weight is 433 g/mol. The van der Waals surface area contributed by atoms with Crippen LogP contribution >= 0.6 is 23.2 Å². The monoisotopic (exact) mass is 432 g/mol. The summed E-state index contributed by atoms with van der Waals surface area (Å²) >= 11 is 12.0. The van der Waals surface area contributed by atoms with E-state index in [4.69, 9.17) is 23.2 Å². The molecule has 6 nitrogen and oxygen atoms in total. The Bertz CT molecular complexity index is 962. The first kappa shape index (κ1) is 21.0. The molecule has 0 spiro atoms. The van der Waals surface area contributed by atoms with Crippen LogP contribution in [0.1, 0.15) is 46.9 Å². The first-order valence-electron chi connectivity index (χ1n) is 9.08. The third kappa shape index (κ3) is 4.18. The molecular formula is C21H18Cl2N2O4. The number of carbonyl (C=O) groups is 4. The van der Waals surface area contributed by atoms with Gasteiger partial charge in [-0.3, -0.25) is 19.2 Å². The van der Waals surface area contributed by atoms with Crippen LogP contribution in [0, 0.1) is 0 Å². The van der Waals surface area contributed by atoms with Crippen LogP contribution in [0.3, 0.4) is 0 Å². The van der Waals surface area contributed by atoms with Gasteiger partial charge in [0.15, 0.2) is 5.78 Å². The van der Waals surface area contributed by atoms with E-state index >= 15 is 0 Å². The van der Waals surface area contributed by atoms with Gasteiger partial charge in [-0.15, -0.1) is 0 Å². The number of benzene rings is 2. The Labute approximate surface area is 178 Å². The van der Waals surface area contributed by atoms with Crippen molar-refractivity contribution in [3.8, 4) is 0 Å². The minimum absolute atomic E-state index is 0.0139. The van der Waals surface area contributed by atoms with Crippen LogP contribution in [0.5, 0.6) is 0 Å². The number of nitrogens with zero attached hydrogens (tertiary/aromatic N) is 2. The summed E-state index contributed by atoms with van der Waals surface area (Å²) in [4.78, 5) is 51.3. The zero-order valence-electron chi connectivity index (χ0n) is 15.6. The van der Waals surface area contributed by atoms with E-state index in [1.807, 2.05) is 0 Å². The van der Waals surface area contributed by atoms with Crippen molar-refractivity contribution in [1.82, 2.24) is 10.0 Å². The minimum atomic E-state index is -1.04. The Morgan fingerprint density at radius 1 is 0.966 bits per heavy atom. The lowest BCUT2D eigenvalue weighted by Crippen LogP contribution is -2.56. The van der Waals surface area contributed by atoms with Gasteiger partial charge in [0.1, 0.15) is 6.04 Å². The molecule has 1 atom stereocenters. The zero-order chi connectivity index (χ0) is 21.1. The molecule has 1 heterocycles. The molecular weight excluding hydrogens is 415 g/mol. The summed E-state index contributed by atoms with van der Waals surface area (Å²) in [7, 11) is 0. The molecule has 0 bridgehead atoms. The number of rotatable bonds is 6. The van der Waals surface area contributed by atoms with Gasteiger partial charge >= 0.3 is 0 Å². The van der Waals surface area contributed by atoms with Crippen LogP contribution in [0.4, 0.5) is 0 Å². The molecule has 150 valence electrons. The second-order valence-corrected chi connectivity index (χ2v) is 7.35. The molecule has 1 aliphatic heterocycles. The number of hydrogen-bond acceptors (Lipinski definition) is 4. The van der Waals surface area contributed by atoms with E-state index in [1.54, 1.807) is 37.3 Å². The number of ketones is 1. The van der Waals surface area contributed by atoms with Crippen LogP contribution < -0.4 is 0 Å². The molecule has 2 aromatic rings. The Hall–Kier alpha value is -2.70. The van der Waals surface area contributed by atoms with Gasteiger partial charge in [0.05, 0.1) is 10.0 Å². The second kappa shape index (κ2) is 8.76. The van der Waals surface area contributed by atoms with E-state index in [2.05, 4.69) is 0 Å². The fourth-order valence-corrected chi connectivity index (χ4v) is 3.50. The maximum atomic E-state index is 13.3. The molecule has 1 saturated heterocycles. The van der Waals surface area contributed by atoms with Crippen LogP contribution in [0.25, 0.3) is 0 Å². The standard InChI is InChI=1S/C21H18Cl2N2O4/c1-2-17(20(28)13-6-4-3-5-7-13)24(25-18(26)10-11-19(25)27)21(29)14-8-9-15(22)16(23)12-14/h3-9,12,17H,2,10-11H2,1H3/t17-/m0/s1. The molecule has 2 aromatic carbocycles. The van der Waals surface area contributed by atoms with E-state index in [1.165, 1.54) is 18.2 Å². The molecule has 8 heteroatoms. The summed E-state index contributed by atoms with van der Waals surface area (Å²) in [5.41, 5.74) is 0.497. The van der Waals surface area contributed by atoms with Crippen molar-refractivity contribution in [3.05, 3.63) is 69.7 Å². The highest BCUT2D eigenvalue weighted by Crippen LogP contribution is 2.27. The lowest BCUT2D eigenvalue weighted by molar-refractivity contribution is -0.155. The van der Waals surface area contributed by atoms with Gasteiger partial charge in [-0.1, -0.05) is 60.5 Å². The van der Waals surface area contributed by atoms with Crippen molar-refractivity contribution in [1.29, 1.82) is 0 Å². The Balaban J connectivity index is 2.07. The van der Waals surface area contributed by atoms with Gasteiger partial charge in [-0.25, -0.2) is 5.01 Å². The molecule has 29 heavy (non-hydrogen) atoms. The number of amides is 3. The van der Waals surface area contributed by atoms with Gasteiger partial charge in [-0.05, 0) is 24.6 Å². The summed E-state index contributed by atoms with van der Waals surface area (Å²) in [6, 6.07) is 11.6. The topological polar surface area (TPSA) is 74.8 Å². The number of halogens is 2. The number of hydrogen-bond donors (Lipinski definition) is 0. The highest BCUT2D eigenvalue weighted by molar-refractivity contribution is 6.42. The van der Waals surface area contributed by atoms with Gasteiger partial charge < -0.3 is 0 Å². The summed E-state index contributed by atoms with van der Waals surface area (Å²) in [6.45, 7) is 1.71. The zero-order valence-corrected chi connectivity index (χ0v) is 17.1. The van der Waals surface area contributed by atoms with Crippen LogP contribution in [-0.4, -0.2) is 39.6 Å². The smallest absolute Gasteiger partial charge is 0.273 e. The van der Waals surface area contributed by atoms with Crippen molar-refractivity contribution >= 4 is 46.7 Å². The highest BCUT2D eigenvalue weighted by atomic mass is 35.5. The Morgan fingerprint density at radius 2 is 1.59 bits per heavy atom. The first-order valence-corrected chi connectivity index (χ1v) is 9.84. The maximum Gasteiger partial charge on any atom is 0.273 e. The highest BCUT2D eigenvalue weighted by Gasteiger charge is 2.42. The number of imide groups is 1. The Morgan fingerprint density at radius 3 is 2.14 bits per heavy atom. The number of hydrazine groups is 1. The quantitative estimate of drug-likeness (QED) is 0.507. The number of carbonyl (C=O) groups excluding carboxylic acids is 4. The summed E-state index contributed by atoms with van der Waals surface area (Å²) < 4.78 is 0. The predicted molar refractivity (Wildman–Crippen MR) is 109 cm³/mol. The summed E-state index contributed by atoms with van der Waals surface area (Å²) in [5, 5.41) is 2.17.